The van der Waals surface area contributed by atoms with Crippen molar-refractivity contribution >= 4 is 35.0 Å². The van der Waals surface area contributed by atoms with E-state index in [-0.39, 0.29) is 69.7 Å². The molecule has 0 saturated heterocycles. The fourth-order valence-corrected chi connectivity index (χ4v) is 5.09. The van der Waals surface area contributed by atoms with Crippen LogP contribution in [0.15, 0.2) is 30.6 Å². The van der Waals surface area contributed by atoms with Crippen LogP contribution in [0.25, 0.3) is 11.3 Å². The summed E-state index contributed by atoms with van der Waals surface area (Å²) in [6.45, 7) is 5.59. The molecule has 3 amide bonds. The lowest BCUT2D eigenvalue weighted by molar-refractivity contribution is -0.141. The Kier molecular flexibility index (Phi) is 9.29. The Morgan fingerprint density at radius 3 is 2.29 bits per heavy atom. The predicted octanol–water partition coefficient (Wildman–Crippen LogP) is 5.04. The molecule has 0 unspecified atom stereocenters. The highest BCUT2D eigenvalue weighted by molar-refractivity contribution is 6.34. The smallest absolute Gasteiger partial charge is 0.353 e. The largest absolute Gasteiger partial charge is 0.435 e. The van der Waals surface area contributed by atoms with Gasteiger partial charge in [0.2, 0.25) is 5.91 Å². The first kappa shape index (κ1) is 31.1. The van der Waals surface area contributed by atoms with Gasteiger partial charge in [0.15, 0.2) is 11.5 Å². The van der Waals surface area contributed by atoms with Crippen LogP contribution in [-0.4, -0.2) is 49.1 Å². The fraction of sp³-hybridized carbons (Fsp3) is 0.464. The van der Waals surface area contributed by atoms with Gasteiger partial charge < -0.3 is 20.5 Å². The van der Waals surface area contributed by atoms with E-state index in [1.807, 2.05) is 13.8 Å². The molecule has 0 atom stereocenters. The molecule has 1 fully saturated rings. The number of nitrogens with one attached hydrogen (secondary N) is 3. The Morgan fingerprint density at radius 1 is 1.07 bits per heavy atom. The zero-order valence-electron chi connectivity index (χ0n) is 23.7. The van der Waals surface area contributed by atoms with Crippen LogP contribution in [0.1, 0.15) is 73.1 Å². The average Bonchev–Trinajstić information content (AvgIpc) is 3.53. The van der Waals surface area contributed by atoms with Crippen molar-refractivity contribution in [3.8, 4) is 11.3 Å². The summed E-state index contributed by atoms with van der Waals surface area (Å²) in [5, 5.41) is 12.4. The van der Waals surface area contributed by atoms with E-state index >= 15 is 0 Å². The predicted molar refractivity (Wildman–Crippen MR) is 151 cm³/mol. The second-order valence-corrected chi connectivity index (χ2v) is 11.0. The Bertz CT molecular complexity index is 1470. The van der Waals surface area contributed by atoms with E-state index in [2.05, 4.69) is 26.0 Å². The van der Waals surface area contributed by atoms with Crippen LogP contribution in [0.2, 0.25) is 5.02 Å². The van der Waals surface area contributed by atoms with Gasteiger partial charge in [-0.15, -0.1) is 0 Å². The van der Waals surface area contributed by atoms with Gasteiger partial charge in [0.05, 0.1) is 28.0 Å². The number of aryl methyl sites for hydroxylation is 1. The molecule has 0 radical (unpaired) electrons. The van der Waals surface area contributed by atoms with Crippen LogP contribution in [0.5, 0.6) is 0 Å². The van der Waals surface area contributed by atoms with Crippen molar-refractivity contribution in [1.29, 1.82) is 0 Å². The number of amides is 3. The van der Waals surface area contributed by atoms with Crippen molar-refractivity contribution < 1.29 is 27.6 Å². The van der Waals surface area contributed by atoms with Crippen LogP contribution in [0, 0.1) is 5.92 Å². The molecule has 0 bridgehead atoms. The lowest BCUT2D eigenvalue weighted by atomic mass is 9.90. The number of carbonyl (C=O) groups excluding carboxylic acids is 3. The van der Waals surface area contributed by atoms with Gasteiger partial charge in [-0.3, -0.25) is 19.1 Å². The summed E-state index contributed by atoms with van der Waals surface area (Å²) >= 11 is 6.38. The molecule has 1 aromatic carbocycles. The summed E-state index contributed by atoms with van der Waals surface area (Å²) in [4.78, 5) is 41.8. The molecule has 1 saturated carbocycles. The number of carbonyl (C=O) groups is 3. The Hall–Kier alpha value is -3.87. The number of hydrogen-bond acceptors (Lipinski definition) is 5. The van der Waals surface area contributed by atoms with E-state index in [4.69, 9.17) is 11.6 Å². The topological polar surface area (TPSA) is 123 Å². The number of alkyl halides is 3. The summed E-state index contributed by atoms with van der Waals surface area (Å²) in [7, 11) is 1.44. The van der Waals surface area contributed by atoms with Crippen molar-refractivity contribution in [2.75, 3.05) is 5.32 Å². The summed E-state index contributed by atoms with van der Waals surface area (Å²) in [6.07, 6.45) is 0.725. The van der Waals surface area contributed by atoms with Gasteiger partial charge in [-0.2, -0.15) is 18.3 Å². The third-order valence-electron chi connectivity index (χ3n) is 7.23. The van der Waals surface area contributed by atoms with Crippen LogP contribution in [-0.2, 0) is 24.6 Å². The summed E-state index contributed by atoms with van der Waals surface area (Å²) < 4.78 is 43.1. The molecule has 3 aromatic rings. The van der Waals surface area contributed by atoms with E-state index in [1.54, 1.807) is 6.92 Å². The number of aromatic nitrogens is 4. The maximum Gasteiger partial charge on any atom is 0.435 e. The van der Waals surface area contributed by atoms with Gasteiger partial charge in [-0.25, -0.2) is 4.98 Å². The Balaban J connectivity index is 1.39. The SMILES string of the molecule is CCn1cc(-c2cnc(C(=O)Nc3ccc(C(=O)N[C@H]4CC[C@@H](NC(=O)C(C)C)CC4)c(Cl)c3)n2C)c(C(F)(F)F)n1. The highest BCUT2D eigenvalue weighted by Gasteiger charge is 2.38. The Labute approximate surface area is 246 Å². The first-order valence-corrected chi connectivity index (χ1v) is 14.0. The molecule has 14 heteroatoms. The first-order valence-electron chi connectivity index (χ1n) is 13.7. The van der Waals surface area contributed by atoms with E-state index in [0.717, 1.165) is 25.7 Å². The van der Waals surface area contributed by atoms with Crippen molar-refractivity contribution in [2.24, 2.45) is 13.0 Å². The quantitative estimate of drug-likeness (QED) is 0.331. The summed E-state index contributed by atoms with van der Waals surface area (Å²) in [5.74, 6) is -1.21. The third-order valence-corrected chi connectivity index (χ3v) is 7.54. The maximum absolute atomic E-state index is 13.6. The summed E-state index contributed by atoms with van der Waals surface area (Å²) in [6, 6.07) is 4.45. The van der Waals surface area contributed by atoms with E-state index in [1.165, 1.54) is 46.9 Å². The fourth-order valence-electron chi connectivity index (χ4n) is 4.83. The van der Waals surface area contributed by atoms with Crippen LogP contribution < -0.4 is 16.0 Å². The highest BCUT2D eigenvalue weighted by atomic mass is 35.5. The molecule has 226 valence electrons. The van der Waals surface area contributed by atoms with Crippen molar-refractivity contribution in [1.82, 2.24) is 30.0 Å². The lowest BCUT2D eigenvalue weighted by Crippen LogP contribution is -2.44. The van der Waals surface area contributed by atoms with Gasteiger partial charge in [-0.05, 0) is 50.8 Å². The molecule has 4 rings (SSSR count). The molecule has 3 N–H and O–H groups in total. The third kappa shape index (κ3) is 6.94. The first-order chi connectivity index (χ1) is 19.8. The standard InChI is InChI=1S/C28H33ClF3N7O3/c1-5-39-14-20(23(37-39)28(30,31)32)22-13-33-24(38(22)4)27(42)36-18-10-11-19(21(29)12-18)26(41)35-17-8-6-16(7-9-17)34-25(40)15(2)3/h10-17H,5-9H2,1-4H3,(H,34,40)(H,35,41)(H,36,42)/t16-,17+. The van der Waals surface area contributed by atoms with E-state index in [9.17, 15) is 27.6 Å². The monoisotopic (exact) mass is 607 g/mol. The number of rotatable bonds is 8. The van der Waals surface area contributed by atoms with Crippen molar-refractivity contribution in [3.63, 3.8) is 0 Å². The van der Waals surface area contributed by atoms with Crippen molar-refractivity contribution in [2.45, 2.75) is 71.3 Å². The van der Waals surface area contributed by atoms with Gasteiger partial charge in [0.25, 0.3) is 11.8 Å². The van der Waals surface area contributed by atoms with Gasteiger partial charge in [0, 0.05) is 43.5 Å². The molecule has 0 aliphatic heterocycles. The Morgan fingerprint density at radius 2 is 1.71 bits per heavy atom. The number of benzene rings is 1. The minimum atomic E-state index is -4.68. The van der Waals surface area contributed by atoms with E-state index in [0.29, 0.717) is 0 Å². The number of imidazole rings is 1. The van der Waals surface area contributed by atoms with Gasteiger partial charge >= 0.3 is 6.18 Å². The molecule has 10 nitrogen and oxygen atoms in total. The second-order valence-electron chi connectivity index (χ2n) is 10.6. The number of anilines is 1. The van der Waals surface area contributed by atoms with Crippen molar-refractivity contribution in [3.05, 3.63) is 52.7 Å². The minimum absolute atomic E-state index is 0.0179. The summed E-state index contributed by atoms with van der Waals surface area (Å²) in [5.41, 5.74) is -0.663. The molecule has 2 heterocycles. The van der Waals surface area contributed by atoms with Crippen LogP contribution in [0.4, 0.5) is 18.9 Å². The number of nitrogens with zero attached hydrogens (tertiary/aromatic N) is 4. The second kappa shape index (κ2) is 12.6. The van der Waals surface area contributed by atoms with Gasteiger partial charge in [-0.1, -0.05) is 25.4 Å². The zero-order valence-corrected chi connectivity index (χ0v) is 24.4. The molecular formula is C28H33ClF3N7O3. The molecular weight excluding hydrogens is 575 g/mol. The minimum Gasteiger partial charge on any atom is -0.353 e. The maximum atomic E-state index is 13.6. The van der Waals surface area contributed by atoms with Gasteiger partial charge in [0.1, 0.15) is 0 Å². The lowest BCUT2D eigenvalue weighted by Gasteiger charge is -2.30. The molecule has 1 aliphatic carbocycles. The average molecular weight is 608 g/mol. The molecule has 0 spiro atoms. The number of hydrogen-bond donors (Lipinski definition) is 3. The molecule has 1 aliphatic rings. The zero-order chi connectivity index (χ0) is 30.8. The number of halogens is 4. The molecule has 42 heavy (non-hydrogen) atoms. The van der Waals surface area contributed by atoms with Crippen LogP contribution in [0.3, 0.4) is 0 Å². The molecule has 2 aromatic heterocycles. The highest BCUT2D eigenvalue weighted by Crippen LogP contribution is 2.36. The van der Waals surface area contributed by atoms with Crippen LogP contribution >= 0.6 is 11.6 Å². The normalized spacial score (nSPS) is 17.3. The van der Waals surface area contributed by atoms with E-state index < -0.39 is 17.8 Å².